The standard InChI is InChI=1S/C25H20IN3O2/c1-16-8-9-21-22(10-16)29-25(28-21)19(14-27)11-18-12-20(26)24(23(13-18)30-2)31-15-17-6-4-3-5-7-17/h3-13H,15H2,1-2H3,(H,28,29)/b19-11-. The molecule has 4 aromatic rings. The fourth-order valence-electron chi connectivity index (χ4n) is 3.26. The highest BCUT2D eigenvalue weighted by Gasteiger charge is 2.13. The fraction of sp³-hybridized carbons (Fsp3) is 0.120. The highest BCUT2D eigenvalue weighted by atomic mass is 127. The maximum atomic E-state index is 9.75. The van der Waals surface area contributed by atoms with Gasteiger partial charge < -0.3 is 14.5 Å². The lowest BCUT2D eigenvalue weighted by Gasteiger charge is -2.14. The molecule has 0 bridgehead atoms. The van der Waals surface area contributed by atoms with E-state index in [4.69, 9.17) is 9.47 Å². The number of hydrogen-bond donors (Lipinski definition) is 1. The minimum absolute atomic E-state index is 0.449. The lowest BCUT2D eigenvalue weighted by Crippen LogP contribution is -2.00. The van der Waals surface area contributed by atoms with Crippen LogP contribution >= 0.6 is 22.6 Å². The number of nitrogens with zero attached hydrogens (tertiary/aromatic N) is 2. The molecule has 154 valence electrons. The minimum Gasteiger partial charge on any atom is -0.493 e. The van der Waals surface area contributed by atoms with Gasteiger partial charge in [0.25, 0.3) is 0 Å². The van der Waals surface area contributed by atoms with E-state index >= 15 is 0 Å². The van der Waals surface area contributed by atoms with E-state index in [1.165, 1.54) is 0 Å². The highest BCUT2D eigenvalue weighted by molar-refractivity contribution is 14.1. The first-order valence-electron chi connectivity index (χ1n) is 9.70. The molecule has 0 saturated carbocycles. The number of fused-ring (bicyclic) bond motifs is 1. The zero-order chi connectivity index (χ0) is 21.8. The van der Waals surface area contributed by atoms with Gasteiger partial charge in [-0.25, -0.2) is 4.98 Å². The Bertz CT molecular complexity index is 1300. The number of benzene rings is 3. The smallest absolute Gasteiger partial charge is 0.174 e. The van der Waals surface area contributed by atoms with Gasteiger partial charge in [0.15, 0.2) is 11.5 Å². The predicted molar refractivity (Wildman–Crippen MR) is 131 cm³/mol. The molecule has 0 saturated heterocycles. The van der Waals surface area contributed by atoms with E-state index in [-0.39, 0.29) is 0 Å². The zero-order valence-corrected chi connectivity index (χ0v) is 19.3. The number of halogens is 1. The molecule has 3 aromatic carbocycles. The summed E-state index contributed by atoms with van der Waals surface area (Å²) in [6.45, 7) is 2.47. The van der Waals surface area contributed by atoms with Crippen LogP contribution in [0.2, 0.25) is 0 Å². The van der Waals surface area contributed by atoms with Crippen molar-refractivity contribution in [3.63, 3.8) is 0 Å². The van der Waals surface area contributed by atoms with Crippen molar-refractivity contribution in [3.8, 4) is 17.6 Å². The molecule has 5 nitrogen and oxygen atoms in total. The average Bonchev–Trinajstić information content (AvgIpc) is 3.20. The molecule has 0 fully saturated rings. The monoisotopic (exact) mass is 521 g/mol. The summed E-state index contributed by atoms with van der Waals surface area (Å²) in [7, 11) is 1.61. The summed E-state index contributed by atoms with van der Waals surface area (Å²) < 4.78 is 12.5. The SMILES string of the molecule is COc1cc(/C=C(/C#N)c2nc3ccc(C)cc3[nH]2)cc(I)c1OCc1ccccc1. The Kier molecular flexibility index (Phi) is 6.23. The van der Waals surface area contributed by atoms with Crippen molar-refractivity contribution >= 4 is 45.3 Å². The van der Waals surface area contributed by atoms with Gasteiger partial charge in [0.05, 0.1) is 27.3 Å². The molecule has 0 spiro atoms. The quantitative estimate of drug-likeness (QED) is 0.245. The van der Waals surface area contributed by atoms with Crippen LogP contribution in [-0.2, 0) is 6.61 Å². The Hall–Kier alpha value is -3.31. The third-order valence-electron chi connectivity index (χ3n) is 4.80. The highest BCUT2D eigenvalue weighted by Crippen LogP contribution is 2.35. The molecule has 0 aliphatic heterocycles. The summed E-state index contributed by atoms with van der Waals surface area (Å²) in [4.78, 5) is 7.80. The van der Waals surface area contributed by atoms with Crippen LogP contribution in [0, 0.1) is 21.8 Å². The molecule has 4 rings (SSSR count). The second-order valence-corrected chi connectivity index (χ2v) is 8.25. The lowest BCUT2D eigenvalue weighted by atomic mass is 10.1. The molecule has 1 N–H and O–H groups in total. The van der Waals surface area contributed by atoms with Crippen molar-refractivity contribution in [1.29, 1.82) is 5.26 Å². The molecule has 1 heterocycles. The van der Waals surface area contributed by atoms with Gasteiger partial charge in [0.1, 0.15) is 18.5 Å². The number of ether oxygens (including phenoxy) is 2. The first-order chi connectivity index (χ1) is 15.1. The summed E-state index contributed by atoms with van der Waals surface area (Å²) in [5.74, 6) is 1.84. The summed E-state index contributed by atoms with van der Waals surface area (Å²) in [5, 5.41) is 9.75. The number of methoxy groups -OCH3 is 1. The molecule has 0 unspecified atom stereocenters. The Balaban J connectivity index is 1.65. The van der Waals surface area contributed by atoms with E-state index in [0.29, 0.717) is 29.5 Å². The molecule has 0 radical (unpaired) electrons. The third-order valence-corrected chi connectivity index (χ3v) is 5.60. The minimum atomic E-state index is 0.449. The number of nitrogens with one attached hydrogen (secondary N) is 1. The van der Waals surface area contributed by atoms with Crippen molar-refractivity contribution in [1.82, 2.24) is 9.97 Å². The van der Waals surface area contributed by atoms with E-state index in [1.807, 2.05) is 67.6 Å². The lowest BCUT2D eigenvalue weighted by molar-refractivity contribution is 0.282. The summed E-state index contributed by atoms with van der Waals surface area (Å²) in [5.41, 5.74) is 5.24. The number of aromatic amines is 1. The van der Waals surface area contributed by atoms with Crippen LogP contribution in [0.1, 0.15) is 22.5 Å². The van der Waals surface area contributed by atoms with E-state index in [2.05, 4.69) is 38.6 Å². The van der Waals surface area contributed by atoms with Gasteiger partial charge in [0, 0.05) is 0 Å². The van der Waals surface area contributed by atoms with E-state index < -0.39 is 0 Å². The number of imidazole rings is 1. The first-order valence-corrected chi connectivity index (χ1v) is 10.8. The Morgan fingerprint density at radius 3 is 2.71 bits per heavy atom. The second kappa shape index (κ2) is 9.23. The molecule has 0 aliphatic rings. The molecule has 31 heavy (non-hydrogen) atoms. The van der Waals surface area contributed by atoms with E-state index in [9.17, 15) is 5.26 Å². The number of rotatable bonds is 6. The van der Waals surface area contributed by atoms with Gasteiger partial charge in [-0.3, -0.25) is 0 Å². The van der Waals surface area contributed by atoms with Crippen LogP contribution < -0.4 is 9.47 Å². The van der Waals surface area contributed by atoms with Gasteiger partial charge in [-0.15, -0.1) is 0 Å². The van der Waals surface area contributed by atoms with E-state index in [1.54, 1.807) is 13.2 Å². The maximum Gasteiger partial charge on any atom is 0.174 e. The second-order valence-electron chi connectivity index (χ2n) is 7.08. The van der Waals surface area contributed by atoms with Crippen molar-refractivity contribution < 1.29 is 9.47 Å². The third kappa shape index (κ3) is 4.72. The summed E-state index contributed by atoms with van der Waals surface area (Å²) in [6.07, 6.45) is 1.80. The molecule has 0 atom stereocenters. The van der Waals surface area contributed by atoms with Gasteiger partial charge in [0.2, 0.25) is 0 Å². The summed E-state index contributed by atoms with van der Waals surface area (Å²) in [6, 6.07) is 22.0. The van der Waals surface area contributed by atoms with Crippen molar-refractivity contribution in [2.24, 2.45) is 0 Å². The maximum absolute atomic E-state index is 9.75. The number of aromatic nitrogens is 2. The summed E-state index contributed by atoms with van der Waals surface area (Å²) >= 11 is 2.23. The van der Waals surface area contributed by atoms with Crippen LogP contribution in [0.5, 0.6) is 11.5 Å². The fourth-order valence-corrected chi connectivity index (χ4v) is 4.05. The molecule has 1 aromatic heterocycles. The van der Waals surface area contributed by atoms with E-state index in [0.717, 1.165) is 31.3 Å². The van der Waals surface area contributed by atoms with Crippen molar-refractivity contribution in [2.45, 2.75) is 13.5 Å². The van der Waals surface area contributed by atoms with Gasteiger partial charge in [-0.2, -0.15) is 5.26 Å². The largest absolute Gasteiger partial charge is 0.493 e. The Labute approximate surface area is 194 Å². The Morgan fingerprint density at radius 2 is 1.97 bits per heavy atom. The van der Waals surface area contributed by atoms with Crippen molar-refractivity contribution in [2.75, 3.05) is 7.11 Å². The number of allylic oxidation sites excluding steroid dienone is 1. The van der Waals surface area contributed by atoms with Crippen LogP contribution in [0.25, 0.3) is 22.7 Å². The Morgan fingerprint density at radius 1 is 1.16 bits per heavy atom. The van der Waals surface area contributed by atoms with Gasteiger partial charge in [-0.05, 0) is 76.5 Å². The molecular weight excluding hydrogens is 501 g/mol. The topological polar surface area (TPSA) is 70.9 Å². The molecule has 6 heteroatoms. The van der Waals surface area contributed by atoms with Gasteiger partial charge >= 0.3 is 0 Å². The first kappa shape index (κ1) is 20.9. The van der Waals surface area contributed by atoms with Gasteiger partial charge in [-0.1, -0.05) is 36.4 Å². The predicted octanol–water partition coefficient (Wildman–Crippen LogP) is 6.13. The van der Waals surface area contributed by atoms with Crippen LogP contribution in [0.15, 0.2) is 60.7 Å². The van der Waals surface area contributed by atoms with Crippen LogP contribution in [0.4, 0.5) is 0 Å². The zero-order valence-electron chi connectivity index (χ0n) is 17.1. The van der Waals surface area contributed by atoms with Crippen LogP contribution in [0.3, 0.4) is 0 Å². The normalized spacial score (nSPS) is 11.4. The molecule has 0 aliphatic carbocycles. The van der Waals surface area contributed by atoms with Crippen LogP contribution in [-0.4, -0.2) is 17.1 Å². The number of nitriles is 1. The number of H-pyrrole nitrogens is 1. The molecule has 0 amide bonds. The molecular formula is C25H20IN3O2. The average molecular weight is 521 g/mol. The number of aryl methyl sites for hydroxylation is 1. The number of hydrogen-bond acceptors (Lipinski definition) is 4. The van der Waals surface area contributed by atoms with Crippen molar-refractivity contribution in [3.05, 3.63) is 86.7 Å².